The number of rotatable bonds is 7. The molecule has 156 valence electrons. The van der Waals surface area contributed by atoms with Crippen LogP contribution in [0.1, 0.15) is 35.1 Å². The predicted molar refractivity (Wildman–Crippen MR) is 111 cm³/mol. The van der Waals surface area contributed by atoms with Crippen molar-refractivity contribution in [3.63, 3.8) is 0 Å². The van der Waals surface area contributed by atoms with Gasteiger partial charge in [0.15, 0.2) is 10.6 Å². The lowest BCUT2D eigenvalue weighted by Gasteiger charge is -2.10. The molecule has 11 heteroatoms. The maximum atomic E-state index is 13.8. The lowest BCUT2D eigenvalue weighted by molar-refractivity contribution is 0.0949. The monoisotopic (exact) mass is 447 g/mol. The molecule has 0 spiro atoms. The third-order valence-electron chi connectivity index (χ3n) is 4.62. The van der Waals surface area contributed by atoms with Crippen LogP contribution in [-0.2, 0) is 16.6 Å². The second-order valence-electron chi connectivity index (χ2n) is 6.84. The van der Waals surface area contributed by atoms with Gasteiger partial charge in [-0.05, 0) is 55.4 Å². The summed E-state index contributed by atoms with van der Waals surface area (Å²) in [7, 11) is -4.07. The number of H-pyrrole nitrogens is 1. The molecular formula is C19H18FN5O3S2. The van der Waals surface area contributed by atoms with E-state index in [0.29, 0.717) is 16.6 Å². The third-order valence-corrected chi connectivity index (χ3v) is 6.27. The second-order valence-corrected chi connectivity index (χ2v) is 8.91. The van der Waals surface area contributed by atoms with Crippen LogP contribution in [0.3, 0.4) is 0 Å². The van der Waals surface area contributed by atoms with Gasteiger partial charge in [0.25, 0.3) is 15.9 Å². The van der Waals surface area contributed by atoms with Gasteiger partial charge in [0, 0.05) is 11.6 Å². The van der Waals surface area contributed by atoms with Crippen LogP contribution in [0, 0.1) is 10.6 Å². The van der Waals surface area contributed by atoms with Crippen LogP contribution in [0.25, 0.3) is 0 Å². The Morgan fingerprint density at radius 3 is 2.73 bits per heavy atom. The molecule has 3 N–H and O–H groups in total. The molecule has 1 heterocycles. The molecule has 0 radical (unpaired) electrons. The van der Waals surface area contributed by atoms with Crippen LogP contribution < -0.4 is 10.0 Å². The Morgan fingerprint density at radius 2 is 2.00 bits per heavy atom. The van der Waals surface area contributed by atoms with E-state index in [1.54, 1.807) is 0 Å². The molecule has 4 rings (SSSR count). The Morgan fingerprint density at radius 1 is 1.23 bits per heavy atom. The normalized spacial score (nSPS) is 13.8. The van der Waals surface area contributed by atoms with Crippen molar-refractivity contribution < 1.29 is 17.6 Å². The van der Waals surface area contributed by atoms with Crippen LogP contribution in [0.5, 0.6) is 0 Å². The van der Waals surface area contributed by atoms with E-state index in [9.17, 15) is 17.6 Å². The molecule has 8 nitrogen and oxygen atoms in total. The SMILES string of the molecule is O=C(NCc1n[nH]c(=S)n1C1CC1)c1cccc(S(=O)(=O)Nc2ccccc2F)c1. The van der Waals surface area contributed by atoms with Crippen molar-refractivity contribution in [1.82, 2.24) is 20.1 Å². The van der Waals surface area contributed by atoms with Crippen molar-refractivity contribution in [1.29, 1.82) is 0 Å². The van der Waals surface area contributed by atoms with E-state index in [4.69, 9.17) is 12.2 Å². The minimum atomic E-state index is -4.07. The zero-order chi connectivity index (χ0) is 21.3. The van der Waals surface area contributed by atoms with E-state index in [1.807, 2.05) is 4.57 Å². The Balaban J connectivity index is 1.49. The van der Waals surface area contributed by atoms with Crippen LogP contribution in [0.15, 0.2) is 53.4 Å². The van der Waals surface area contributed by atoms with Crippen molar-refractivity contribution in [2.75, 3.05) is 4.72 Å². The molecule has 2 aromatic carbocycles. The topological polar surface area (TPSA) is 109 Å². The molecule has 0 unspecified atom stereocenters. The van der Waals surface area contributed by atoms with E-state index >= 15 is 0 Å². The molecule has 1 aliphatic rings. The number of nitrogens with one attached hydrogen (secondary N) is 3. The fourth-order valence-corrected chi connectivity index (χ4v) is 4.40. The molecule has 0 aliphatic heterocycles. The van der Waals surface area contributed by atoms with E-state index in [2.05, 4.69) is 20.2 Å². The largest absolute Gasteiger partial charge is 0.345 e. The number of hydrogen-bond acceptors (Lipinski definition) is 5. The van der Waals surface area contributed by atoms with Crippen LogP contribution in [0.4, 0.5) is 10.1 Å². The summed E-state index contributed by atoms with van der Waals surface area (Å²) in [6.07, 6.45) is 2.04. The quantitative estimate of drug-likeness (QED) is 0.482. The average Bonchev–Trinajstić information content (AvgIpc) is 3.50. The number of sulfonamides is 1. The highest BCUT2D eigenvalue weighted by Crippen LogP contribution is 2.35. The van der Waals surface area contributed by atoms with Crippen LogP contribution in [0.2, 0.25) is 0 Å². The maximum Gasteiger partial charge on any atom is 0.262 e. The molecule has 3 aromatic rings. The molecule has 0 atom stereocenters. The van der Waals surface area contributed by atoms with Gasteiger partial charge in [0.2, 0.25) is 0 Å². The summed E-state index contributed by atoms with van der Waals surface area (Å²) in [6, 6.07) is 11.3. The minimum Gasteiger partial charge on any atom is -0.345 e. The molecule has 1 amide bonds. The number of hydrogen-bond donors (Lipinski definition) is 3. The zero-order valence-electron chi connectivity index (χ0n) is 15.6. The number of benzene rings is 2. The average molecular weight is 448 g/mol. The minimum absolute atomic E-state index is 0.146. The zero-order valence-corrected chi connectivity index (χ0v) is 17.3. The number of para-hydroxylation sites is 1. The predicted octanol–water partition coefficient (Wildman–Crippen LogP) is 3.15. The van der Waals surface area contributed by atoms with Crippen molar-refractivity contribution in [3.05, 3.63) is 70.5 Å². The Labute approximate surface area is 177 Å². The third kappa shape index (κ3) is 4.26. The van der Waals surface area contributed by atoms with Gasteiger partial charge < -0.3 is 5.32 Å². The number of aromatic nitrogens is 3. The number of amides is 1. The fourth-order valence-electron chi connectivity index (χ4n) is 2.98. The van der Waals surface area contributed by atoms with Crippen LogP contribution >= 0.6 is 12.2 Å². The van der Waals surface area contributed by atoms with E-state index in [1.165, 1.54) is 42.5 Å². The Hall–Kier alpha value is -3.05. The van der Waals surface area contributed by atoms with Crippen molar-refractivity contribution in [2.24, 2.45) is 0 Å². The summed E-state index contributed by atoms with van der Waals surface area (Å²) in [6.45, 7) is 0.146. The summed E-state index contributed by atoms with van der Waals surface area (Å²) in [5, 5.41) is 9.59. The first kappa shape index (κ1) is 20.2. The summed E-state index contributed by atoms with van der Waals surface area (Å²) < 4.78 is 43.6. The standard InChI is InChI=1S/C19H18FN5O3S2/c20-15-6-1-2-7-16(15)24-30(27,28)14-5-3-4-12(10-14)18(26)21-11-17-22-23-19(29)25(17)13-8-9-13/h1-7,10,13,24H,8-9,11H2,(H,21,26)(H,23,29). The van der Waals surface area contributed by atoms with E-state index in [-0.39, 0.29) is 22.7 Å². The fraction of sp³-hybridized carbons (Fsp3) is 0.211. The van der Waals surface area contributed by atoms with Gasteiger partial charge in [-0.2, -0.15) is 5.10 Å². The molecule has 0 saturated heterocycles. The number of carbonyl (C=O) groups is 1. The Bertz CT molecular complexity index is 1260. The van der Waals surface area contributed by atoms with Gasteiger partial charge in [-0.25, -0.2) is 12.8 Å². The highest BCUT2D eigenvalue weighted by Gasteiger charge is 2.27. The van der Waals surface area contributed by atoms with Gasteiger partial charge in [-0.1, -0.05) is 18.2 Å². The Kier molecular flexibility index (Phi) is 5.39. The van der Waals surface area contributed by atoms with E-state index in [0.717, 1.165) is 18.9 Å². The number of nitrogens with zero attached hydrogens (tertiary/aromatic N) is 2. The van der Waals surface area contributed by atoms with Gasteiger partial charge in [-0.15, -0.1) is 0 Å². The summed E-state index contributed by atoms with van der Waals surface area (Å²) in [5.74, 6) is -0.547. The molecule has 0 bridgehead atoms. The first-order valence-electron chi connectivity index (χ1n) is 9.16. The molecule has 1 saturated carbocycles. The molecular weight excluding hydrogens is 429 g/mol. The second kappa shape index (κ2) is 8.00. The number of anilines is 1. The summed E-state index contributed by atoms with van der Waals surface area (Å²) >= 11 is 5.22. The van der Waals surface area contributed by atoms with Gasteiger partial charge in [-0.3, -0.25) is 19.2 Å². The highest BCUT2D eigenvalue weighted by molar-refractivity contribution is 7.92. The summed E-state index contributed by atoms with van der Waals surface area (Å²) in [5.41, 5.74) is -0.0197. The molecule has 30 heavy (non-hydrogen) atoms. The van der Waals surface area contributed by atoms with Gasteiger partial charge in [0.05, 0.1) is 17.1 Å². The molecule has 1 fully saturated rings. The van der Waals surface area contributed by atoms with Gasteiger partial charge in [0.1, 0.15) is 5.82 Å². The first-order chi connectivity index (χ1) is 14.3. The number of halogens is 1. The van der Waals surface area contributed by atoms with Crippen LogP contribution in [-0.4, -0.2) is 29.1 Å². The smallest absolute Gasteiger partial charge is 0.262 e. The highest BCUT2D eigenvalue weighted by atomic mass is 32.2. The van der Waals surface area contributed by atoms with Gasteiger partial charge >= 0.3 is 0 Å². The number of aromatic amines is 1. The molecule has 1 aliphatic carbocycles. The first-order valence-corrected chi connectivity index (χ1v) is 11.1. The maximum absolute atomic E-state index is 13.8. The van der Waals surface area contributed by atoms with Crippen molar-refractivity contribution in [2.45, 2.75) is 30.3 Å². The summed E-state index contributed by atoms with van der Waals surface area (Å²) in [4.78, 5) is 12.4. The lowest BCUT2D eigenvalue weighted by Crippen LogP contribution is -2.25. The number of carbonyl (C=O) groups excluding carboxylic acids is 1. The molecule has 1 aromatic heterocycles. The van der Waals surface area contributed by atoms with Crippen molar-refractivity contribution in [3.8, 4) is 0 Å². The lowest BCUT2D eigenvalue weighted by atomic mass is 10.2. The van der Waals surface area contributed by atoms with Crippen molar-refractivity contribution >= 4 is 33.8 Å². The van der Waals surface area contributed by atoms with E-state index < -0.39 is 21.7 Å².